The van der Waals surface area contributed by atoms with Crippen LogP contribution in [0.1, 0.15) is 38.5 Å². The van der Waals surface area contributed by atoms with E-state index in [2.05, 4.69) is 0 Å². The Morgan fingerprint density at radius 3 is 2.77 bits per heavy atom. The van der Waals surface area contributed by atoms with Crippen LogP contribution in [0.25, 0.3) is 0 Å². The van der Waals surface area contributed by atoms with Crippen molar-refractivity contribution in [1.82, 2.24) is 4.90 Å². The van der Waals surface area contributed by atoms with Crippen LogP contribution in [0.4, 0.5) is 0 Å². The summed E-state index contributed by atoms with van der Waals surface area (Å²) >= 11 is 0. The summed E-state index contributed by atoms with van der Waals surface area (Å²) in [5.41, 5.74) is -0.761. The normalized spacial score (nSPS) is 43.4. The van der Waals surface area contributed by atoms with Gasteiger partial charge in [0.15, 0.2) is 0 Å². The first-order valence-electron chi connectivity index (χ1n) is 8.67. The number of aliphatic carboxylic acids is 1. The highest BCUT2D eigenvalue weighted by Crippen LogP contribution is 2.50. The van der Waals surface area contributed by atoms with Gasteiger partial charge < -0.3 is 14.7 Å². The summed E-state index contributed by atoms with van der Waals surface area (Å²) in [6, 6.07) is 0. The standard InChI is InChI=1S/C17H25NO4/c19-15(7-13-6-11-1-2-12(13)5-11)18-8-14-9-22-4-3-17(14,10-18)16(20)21/h11-14H,1-10H2,(H,20,21)/t11?,12?,13?,14-,17+/m0/s1. The maximum atomic E-state index is 12.7. The zero-order valence-corrected chi connectivity index (χ0v) is 13.0. The van der Waals surface area contributed by atoms with E-state index < -0.39 is 11.4 Å². The first-order chi connectivity index (χ1) is 10.6. The van der Waals surface area contributed by atoms with Gasteiger partial charge in [0.25, 0.3) is 0 Å². The molecule has 0 aromatic carbocycles. The molecule has 22 heavy (non-hydrogen) atoms. The second-order valence-electron chi connectivity index (χ2n) is 7.90. The Balaban J connectivity index is 1.43. The molecule has 0 aromatic rings. The van der Waals surface area contributed by atoms with Gasteiger partial charge in [0.2, 0.25) is 5.91 Å². The minimum Gasteiger partial charge on any atom is -0.481 e. The fourth-order valence-electron chi connectivity index (χ4n) is 5.47. The van der Waals surface area contributed by atoms with Crippen LogP contribution in [0.2, 0.25) is 0 Å². The van der Waals surface area contributed by atoms with Crippen molar-refractivity contribution in [2.45, 2.75) is 38.5 Å². The van der Waals surface area contributed by atoms with Crippen LogP contribution in [-0.4, -0.2) is 48.2 Å². The first-order valence-corrected chi connectivity index (χ1v) is 8.67. The summed E-state index contributed by atoms with van der Waals surface area (Å²) in [6.07, 6.45) is 6.32. The van der Waals surface area contributed by atoms with Crippen LogP contribution < -0.4 is 0 Å². The summed E-state index contributed by atoms with van der Waals surface area (Å²) in [5, 5.41) is 9.68. The lowest BCUT2D eigenvalue weighted by Crippen LogP contribution is -2.45. The van der Waals surface area contributed by atoms with Gasteiger partial charge in [0.05, 0.1) is 12.0 Å². The number of hydrogen-bond donors (Lipinski definition) is 1. The molecular weight excluding hydrogens is 282 g/mol. The molecule has 2 aliphatic heterocycles. The van der Waals surface area contributed by atoms with E-state index >= 15 is 0 Å². The Bertz CT molecular complexity index is 493. The number of ether oxygens (including phenoxy) is 1. The Labute approximate surface area is 131 Å². The zero-order chi connectivity index (χ0) is 15.3. The van der Waals surface area contributed by atoms with E-state index in [0.29, 0.717) is 45.1 Å². The Morgan fingerprint density at radius 1 is 1.27 bits per heavy atom. The Kier molecular flexibility index (Phi) is 3.44. The van der Waals surface area contributed by atoms with Gasteiger partial charge in [0.1, 0.15) is 0 Å². The van der Waals surface area contributed by atoms with Crippen molar-refractivity contribution in [2.75, 3.05) is 26.3 Å². The molecule has 0 aromatic heterocycles. The van der Waals surface area contributed by atoms with Crippen molar-refractivity contribution in [3.63, 3.8) is 0 Å². The number of carboxylic acids is 1. The van der Waals surface area contributed by atoms with E-state index in [0.717, 1.165) is 11.8 Å². The molecule has 122 valence electrons. The predicted octanol–water partition coefficient (Wildman–Crippen LogP) is 1.76. The van der Waals surface area contributed by atoms with Gasteiger partial charge in [-0.3, -0.25) is 9.59 Å². The molecule has 4 aliphatic rings. The predicted molar refractivity (Wildman–Crippen MR) is 79.1 cm³/mol. The first kappa shape index (κ1) is 14.5. The van der Waals surface area contributed by atoms with Crippen LogP contribution in [0.3, 0.4) is 0 Å². The number of hydrogen-bond acceptors (Lipinski definition) is 3. The maximum absolute atomic E-state index is 12.7. The smallest absolute Gasteiger partial charge is 0.311 e. The second-order valence-corrected chi connectivity index (χ2v) is 7.90. The van der Waals surface area contributed by atoms with Crippen LogP contribution in [0.15, 0.2) is 0 Å². The highest BCUT2D eigenvalue weighted by molar-refractivity contribution is 5.81. The molecule has 1 amide bonds. The molecule has 5 nitrogen and oxygen atoms in total. The van der Waals surface area contributed by atoms with Crippen LogP contribution in [0.5, 0.6) is 0 Å². The molecule has 4 fully saturated rings. The van der Waals surface area contributed by atoms with Crippen molar-refractivity contribution in [3.05, 3.63) is 0 Å². The maximum Gasteiger partial charge on any atom is 0.311 e. The van der Waals surface area contributed by atoms with Gasteiger partial charge in [-0.25, -0.2) is 0 Å². The molecule has 3 unspecified atom stereocenters. The average molecular weight is 307 g/mol. The molecule has 1 N–H and O–H groups in total. The third-order valence-corrected chi connectivity index (χ3v) is 6.81. The molecule has 5 atom stereocenters. The number of carboxylic acid groups (broad SMARTS) is 1. The van der Waals surface area contributed by atoms with Crippen molar-refractivity contribution in [3.8, 4) is 0 Å². The highest BCUT2D eigenvalue weighted by Gasteiger charge is 2.55. The monoisotopic (exact) mass is 307 g/mol. The number of carbonyl (C=O) groups excluding carboxylic acids is 1. The fraction of sp³-hybridized carbons (Fsp3) is 0.882. The Hall–Kier alpha value is -1.10. The SMILES string of the molecule is O=C(CC1CC2CCC1C2)N1C[C@H]2COCC[C@@]2(C(=O)O)C1. The number of likely N-dealkylation sites (tertiary alicyclic amines) is 1. The minimum atomic E-state index is -0.761. The molecule has 2 bridgehead atoms. The van der Waals surface area contributed by atoms with Gasteiger partial charge in [-0.15, -0.1) is 0 Å². The summed E-state index contributed by atoms with van der Waals surface area (Å²) in [7, 11) is 0. The van der Waals surface area contributed by atoms with E-state index in [-0.39, 0.29) is 11.8 Å². The zero-order valence-electron chi connectivity index (χ0n) is 13.0. The van der Waals surface area contributed by atoms with E-state index in [1.165, 1.54) is 25.7 Å². The third-order valence-electron chi connectivity index (χ3n) is 6.81. The van der Waals surface area contributed by atoms with E-state index in [1.807, 2.05) is 4.90 Å². The van der Waals surface area contributed by atoms with Gasteiger partial charge >= 0.3 is 5.97 Å². The molecule has 5 heteroatoms. The summed E-state index contributed by atoms with van der Waals surface area (Å²) < 4.78 is 5.46. The quantitative estimate of drug-likeness (QED) is 0.863. The Morgan fingerprint density at radius 2 is 2.14 bits per heavy atom. The minimum absolute atomic E-state index is 0.0391. The fourth-order valence-corrected chi connectivity index (χ4v) is 5.47. The topological polar surface area (TPSA) is 66.8 Å². The van der Waals surface area contributed by atoms with Gasteiger partial charge in [-0.05, 0) is 43.4 Å². The molecule has 2 saturated carbocycles. The van der Waals surface area contributed by atoms with Crippen molar-refractivity contribution in [2.24, 2.45) is 29.1 Å². The van der Waals surface area contributed by atoms with E-state index in [9.17, 15) is 14.7 Å². The molecule has 0 radical (unpaired) electrons. The number of amides is 1. The molecular formula is C17H25NO4. The molecule has 4 rings (SSSR count). The second kappa shape index (κ2) is 5.22. The molecule has 2 saturated heterocycles. The molecule has 2 heterocycles. The lowest BCUT2D eigenvalue weighted by Gasteiger charge is -2.33. The number of nitrogens with zero attached hydrogens (tertiary/aromatic N) is 1. The van der Waals surface area contributed by atoms with Gasteiger partial charge in [-0.2, -0.15) is 0 Å². The molecule has 0 spiro atoms. The van der Waals surface area contributed by atoms with Crippen molar-refractivity contribution < 1.29 is 19.4 Å². The molecule has 2 aliphatic carbocycles. The third kappa shape index (κ3) is 2.16. The number of carbonyl (C=O) groups is 2. The summed E-state index contributed by atoms with van der Waals surface area (Å²) in [6.45, 7) is 1.92. The number of rotatable bonds is 3. The van der Waals surface area contributed by atoms with Crippen LogP contribution in [0, 0.1) is 29.1 Å². The summed E-state index contributed by atoms with van der Waals surface area (Å²) in [5.74, 6) is 1.52. The lowest BCUT2D eigenvalue weighted by atomic mass is 9.74. The van der Waals surface area contributed by atoms with Crippen molar-refractivity contribution in [1.29, 1.82) is 0 Å². The van der Waals surface area contributed by atoms with Gasteiger partial charge in [-0.1, -0.05) is 6.42 Å². The number of fused-ring (bicyclic) bond motifs is 3. The highest BCUT2D eigenvalue weighted by atomic mass is 16.5. The largest absolute Gasteiger partial charge is 0.481 e. The van der Waals surface area contributed by atoms with Gasteiger partial charge in [0, 0.05) is 32.0 Å². The van der Waals surface area contributed by atoms with E-state index in [4.69, 9.17) is 4.74 Å². The average Bonchev–Trinajstić information content (AvgIpc) is 3.20. The van der Waals surface area contributed by atoms with Crippen LogP contribution in [-0.2, 0) is 14.3 Å². The van der Waals surface area contributed by atoms with Crippen molar-refractivity contribution >= 4 is 11.9 Å². The summed E-state index contributed by atoms with van der Waals surface area (Å²) in [4.78, 5) is 26.3. The van der Waals surface area contributed by atoms with E-state index in [1.54, 1.807) is 0 Å². The van der Waals surface area contributed by atoms with Crippen LogP contribution >= 0.6 is 0 Å². The lowest BCUT2D eigenvalue weighted by molar-refractivity contribution is -0.157.